The molecule has 7 nitrogen and oxygen atoms in total. The maximum absolute atomic E-state index is 13.2. The molecule has 1 atom stereocenters. The van der Waals surface area contributed by atoms with Crippen LogP contribution in [0.25, 0.3) is 17.0 Å². The Kier molecular flexibility index (Phi) is 4.98. The highest BCUT2D eigenvalue weighted by Gasteiger charge is 2.19. The number of nitrogens with zero attached hydrogens (tertiary/aromatic N) is 3. The molecule has 1 aliphatic rings. The number of fused-ring (bicyclic) bond motifs is 4. The second-order valence-corrected chi connectivity index (χ2v) is 6.20. The molecule has 2 bridgehead atoms. The van der Waals surface area contributed by atoms with Crippen LogP contribution in [0.1, 0.15) is 23.8 Å². The molecular weight excluding hydrogens is 368 g/mol. The number of nitrogens with one attached hydrogen (secondary N) is 2. The number of amides is 2. The average molecular weight is 385 g/mol. The quantitative estimate of drug-likeness (QED) is 0.704. The standard InChI is InChI=1S/C19H17F2N5O2/c20-18(21)26-17-13(10-22-26)9-16-23-14(17)7-4-8-28-11-15(24-19(27)25-16)12-5-2-1-3-6-12/h1-7,9-10,15,18H,8,11H2,(H2,23,24,25,27). The van der Waals surface area contributed by atoms with E-state index in [1.807, 2.05) is 30.3 Å². The lowest BCUT2D eigenvalue weighted by Crippen LogP contribution is -2.35. The normalized spacial score (nSPS) is 17.7. The Balaban J connectivity index is 1.69. The van der Waals surface area contributed by atoms with Crippen LogP contribution < -0.4 is 10.6 Å². The molecule has 3 heterocycles. The maximum Gasteiger partial charge on any atom is 0.333 e. The molecule has 0 radical (unpaired) electrons. The maximum atomic E-state index is 13.2. The van der Waals surface area contributed by atoms with Crippen LogP contribution >= 0.6 is 0 Å². The van der Waals surface area contributed by atoms with E-state index in [-0.39, 0.29) is 36.3 Å². The summed E-state index contributed by atoms with van der Waals surface area (Å²) >= 11 is 0. The van der Waals surface area contributed by atoms with E-state index in [2.05, 4.69) is 20.7 Å². The number of hydrogen-bond acceptors (Lipinski definition) is 4. The second-order valence-electron chi connectivity index (χ2n) is 6.20. The van der Waals surface area contributed by atoms with Gasteiger partial charge in [0.2, 0.25) is 0 Å². The number of hydrogen-bond donors (Lipinski definition) is 2. The van der Waals surface area contributed by atoms with Crippen LogP contribution in [-0.4, -0.2) is 34.0 Å². The van der Waals surface area contributed by atoms with Gasteiger partial charge in [0, 0.05) is 5.39 Å². The molecule has 0 spiro atoms. The Bertz CT molecular complexity index is 1020. The van der Waals surface area contributed by atoms with E-state index in [1.165, 1.54) is 12.3 Å². The molecule has 4 rings (SSSR count). The summed E-state index contributed by atoms with van der Waals surface area (Å²) in [6.45, 7) is -2.30. The van der Waals surface area contributed by atoms with Gasteiger partial charge in [-0.3, -0.25) is 5.32 Å². The van der Waals surface area contributed by atoms with Gasteiger partial charge in [-0.25, -0.2) is 14.5 Å². The lowest BCUT2D eigenvalue weighted by Gasteiger charge is -2.20. The van der Waals surface area contributed by atoms with Gasteiger partial charge in [0.05, 0.1) is 31.1 Å². The zero-order valence-corrected chi connectivity index (χ0v) is 14.7. The van der Waals surface area contributed by atoms with E-state index in [9.17, 15) is 13.6 Å². The van der Waals surface area contributed by atoms with Gasteiger partial charge in [-0.05, 0) is 17.7 Å². The van der Waals surface area contributed by atoms with Crippen LogP contribution in [0.4, 0.5) is 19.4 Å². The van der Waals surface area contributed by atoms with Crippen molar-refractivity contribution in [2.75, 3.05) is 18.5 Å². The molecule has 28 heavy (non-hydrogen) atoms. The molecule has 0 saturated carbocycles. The fourth-order valence-electron chi connectivity index (χ4n) is 3.07. The Labute approximate surface area is 159 Å². The van der Waals surface area contributed by atoms with Crippen molar-refractivity contribution in [3.63, 3.8) is 0 Å². The summed E-state index contributed by atoms with van der Waals surface area (Å²) in [6.07, 6.45) is 4.60. The van der Waals surface area contributed by atoms with E-state index in [4.69, 9.17) is 4.74 Å². The van der Waals surface area contributed by atoms with Crippen molar-refractivity contribution in [1.82, 2.24) is 20.1 Å². The average Bonchev–Trinajstić information content (AvgIpc) is 3.11. The van der Waals surface area contributed by atoms with Crippen molar-refractivity contribution in [3.8, 4) is 0 Å². The predicted octanol–water partition coefficient (Wildman–Crippen LogP) is 3.73. The van der Waals surface area contributed by atoms with Gasteiger partial charge in [-0.15, -0.1) is 0 Å². The topological polar surface area (TPSA) is 81.1 Å². The third-order valence-corrected chi connectivity index (χ3v) is 4.31. The molecule has 9 heteroatoms. The highest BCUT2D eigenvalue weighted by atomic mass is 19.3. The molecule has 0 fully saturated rings. The Hall–Kier alpha value is -3.33. The summed E-state index contributed by atoms with van der Waals surface area (Å²) in [5, 5.41) is 9.68. The number of alkyl halides is 2. The first-order chi connectivity index (χ1) is 13.6. The van der Waals surface area contributed by atoms with E-state index in [0.717, 1.165) is 5.56 Å². The molecule has 2 amide bonds. The smallest absolute Gasteiger partial charge is 0.333 e. The summed E-state index contributed by atoms with van der Waals surface area (Å²) in [7, 11) is 0. The highest BCUT2D eigenvalue weighted by Crippen LogP contribution is 2.26. The first-order valence-electron chi connectivity index (χ1n) is 8.65. The molecule has 1 unspecified atom stereocenters. The van der Waals surface area contributed by atoms with Crippen molar-refractivity contribution in [1.29, 1.82) is 0 Å². The Morgan fingerprint density at radius 1 is 1.25 bits per heavy atom. The van der Waals surface area contributed by atoms with Gasteiger partial charge in [0.15, 0.2) is 0 Å². The number of anilines is 1. The zero-order valence-electron chi connectivity index (χ0n) is 14.7. The highest BCUT2D eigenvalue weighted by molar-refractivity contribution is 5.93. The van der Waals surface area contributed by atoms with Gasteiger partial charge in [0.1, 0.15) is 11.3 Å². The van der Waals surface area contributed by atoms with Gasteiger partial charge < -0.3 is 10.1 Å². The minimum absolute atomic E-state index is 0.191. The predicted molar refractivity (Wildman–Crippen MR) is 100.0 cm³/mol. The first kappa shape index (κ1) is 18.1. The van der Waals surface area contributed by atoms with E-state index < -0.39 is 12.6 Å². The first-order valence-corrected chi connectivity index (χ1v) is 8.65. The number of urea groups is 1. The summed E-state index contributed by atoms with van der Waals surface area (Å²) in [5.41, 5.74) is 1.37. The Morgan fingerprint density at radius 2 is 2.07 bits per heavy atom. The molecule has 3 aromatic rings. The van der Waals surface area contributed by atoms with Gasteiger partial charge in [-0.1, -0.05) is 36.4 Å². The molecular formula is C19H17F2N5O2. The summed E-state index contributed by atoms with van der Waals surface area (Å²) < 4.78 is 32.7. The van der Waals surface area contributed by atoms with Gasteiger partial charge in [0.25, 0.3) is 0 Å². The van der Waals surface area contributed by atoms with Crippen LogP contribution in [0, 0.1) is 0 Å². The molecule has 2 aromatic heterocycles. The van der Waals surface area contributed by atoms with E-state index >= 15 is 0 Å². The molecule has 1 aliphatic heterocycles. The third-order valence-electron chi connectivity index (χ3n) is 4.31. The van der Waals surface area contributed by atoms with Crippen molar-refractivity contribution in [2.24, 2.45) is 0 Å². The lowest BCUT2D eigenvalue weighted by molar-refractivity contribution is 0.0614. The van der Waals surface area contributed by atoms with Crippen molar-refractivity contribution < 1.29 is 18.3 Å². The fourth-order valence-corrected chi connectivity index (χ4v) is 3.07. The van der Waals surface area contributed by atoms with Crippen molar-refractivity contribution in [3.05, 3.63) is 59.9 Å². The van der Waals surface area contributed by atoms with Crippen molar-refractivity contribution in [2.45, 2.75) is 12.6 Å². The number of aromatic nitrogens is 3. The number of rotatable bonds is 2. The van der Waals surface area contributed by atoms with Crippen LogP contribution in [-0.2, 0) is 4.74 Å². The molecule has 1 aromatic carbocycles. The third kappa shape index (κ3) is 3.70. The van der Waals surface area contributed by atoms with Gasteiger partial charge >= 0.3 is 12.6 Å². The molecule has 2 N–H and O–H groups in total. The summed E-state index contributed by atoms with van der Waals surface area (Å²) in [5.74, 6) is 0.242. The van der Waals surface area contributed by atoms with Crippen molar-refractivity contribution >= 4 is 28.8 Å². The van der Waals surface area contributed by atoms with Crippen LogP contribution in [0.5, 0.6) is 0 Å². The minimum atomic E-state index is -2.80. The Morgan fingerprint density at radius 3 is 2.86 bits per heavy atom. The van der Waals surface area contributed by atoms with Gasteiger partial charge in [-0.2, -0.15) is 13.9 Å². The minimum Gasteiger partial charge on any atom is -0.375 e. The van der Waals surface area contributed by atoms with Crippen LogP contribution in [0.15, 0.2) is 48.7 Å². The molecule has 144 valence electrons. The number of carbonyl (C=O) groups excluding carboxylic acids is 1. The monoisotopic (exact) mass is 385 g/mol. The largest absolute Gasteiger partial charge is 0.375 e. The second kappa shape index (κ2) is 7.73. The van der Waals surface area contributed by atoms with Crippen LogP contribution in [0.3, 0.4) is 0 Å². The van der Waals surface area contributed by atoms with E-state index in [0.29, 0.717) is 10.1 Å². The summed E-state index contributed by atoms with van der Waals surface area (Å²) in [4.78, 5) is 16.8. The zero-order chi connectivity index (χ0) is 19.5. The number of pyridine rings is 1. The SMILES string of the molecule is O=C1Nc2cc3cnn(C(F)F)c3c(n2)C=CCOCC(c2ccccc2)N1. The number of carbonyl (C=O) groups is 1. The fraction of sp³-hybridized carbons (Fsp3) is 0.211. The van der Waals surface area contributed by atoms with E-state index in [1.54, 1.807) is 12.2 Å². The number of ether oxygens (including phenoxy) is 1. The number of benzene rings is 1. The molecule has 0 aliphatic carbocycles. The number of halogens is 2. The summed E-state index contributed by atoms with van der Waals surface area (Å²) in [6, 6.07) is 10.1. The lowest BCUT2D eigenvalue weighted by atomic mass is 10.1. The molecule has 0 saturated heterocycles. The van der Waals surface area contributed by atoms with Crippen LogP contribution in [0.2, 0.25) is 0 Å².